The number of thiazole rings is 1. The van der Waals surface area contributed by atoms with E-state index < -0.39 is 51.5 Å². The fourth-order valence-electron chi connectivity index (χ4n) is 6.07. The highest BCUT2D eigenvalue weighted by molar-refractivity contribution is 7.90. The molecule has 3 aromatic heterocycles. The monoisotopic (exact) mass is 660 g/mol. The summed E-state index contributed by atoms with van der Waals surface area (Å²) >= 11 is 1.45. The number of nitrogens with one attached hydrogen (secondary N) is 2. The van der Waals surface area contributed by atoms with Crippen LogP contribution in [0.25, 0.3) is 20.8 Å². The van der Waals surface area contributed by atoms with Gasteiger partial charge in [-0.3, -0.25) is 4.98 Å². The number of pyridine rings is 1. The van der Waals surface area contributed by atoms with Gasteiger partial charge in [-0.1, -0.05) is 0 Å². The molecule has 3 saturated carbocycles. The van der Waals surface area contributed by atoms with E-state index in [-0.39, 0.29) is 42.0 Å². The predicted molar refractivity (Wildman–Crippen MR) is 163 cm³/mol. The number of rotatable bonds is 10. The third kappa shape index (κ3) is 6.22. The highest BCUT2D eigenvalue weighted by Crippen LogP contribution is 2.49. The first-order chi connectivity index (χ1) is 21.4. The van der Waals surface area contributed by atoms with Gasteiger partial charge in [0.05, 0.1) is 39.5 Å². The number of benzene rings is 1. The summed E-state index contributed by atoms with van der Waals surface area (Å²) in [4.78, 5) is 19.0. The van der Waals surface area contributed by atoms with E-state index in [4.69, 9.17) is 9.97 Å². The van der Waals surface area contributed by atoms with Crippen LogP contribution in [0.15, 0.2) is 24.4 Å². The molecule has 3 heterocycles. The first-order valence-electron chi connectivity index (χ1n) is 14.8. The molecule has 0 amide bonds. The molecule has 0 spiro atoms. The summed E-state index contributed by atoms with van der Waals surface area (Å²) in [6.45, 7) is -0.362. The SMILES string of the molecule is CS(=O)(=O)C[C@H]1C[C@@H](Nc2nc(NCc3c(F)cc(F)cc3F)nc(C3CC3)c2-c2nc3c(C4CC4)nccc3s2)[C@H](O)[C@@H]1O. The van der Waals surface area contributed by atoms with E-state index in [1.54, 1.807) is 6.20 Å². The predicted octanol–water partition coefficient (Wildman–Crippen LogP) is 4.50. The maximum Gasteiger partial charge on any atom is 0.225 e. The van der Waals surface area contributed by atoms with E-state index in [1.807, 2.05) is 6.07 Å². The molecule has 4 atom stereocenters. The van der Waals surface area contributed by atoms with Crippen LogP contribution in [0.2, 0.25) is 0 Å². The minimum Gasteiger partial charge on any atom is -0.390 e. The van der Waals surface area contributed by atoms with Crippen LogP contribution < -0.4 is 10.6 Å². The minimum absolute atomic E-state index is 0.0495. The van der Waals surface area contributed by atoms with Crippen molar-refractivity contribution in [1.29, 1.82) is 0 Å². The van der Waals surface area contributed by atoms with Crippen LogP contribution in [-0.2, 0) is 16.4 Å². The number of sulfone groups is 1. The molecule has 3 aliphatic rings. The van der Waals surface area contributed by atoms with E-state index in [0.29, 0.717) is 34.3 Å². The number of aliphatic hydroxyl groups is 2. The van der Waals surface area contributed by atoms with Gasteiger partial charge in [-0.15, -0.1) is 11.3 Å². The molecule has 0 radical (unpaired) electrons. The molecule has 238 valence electrons. The van der Waals surface area contributed by atoms with Gasteiger partial charge in [0.25, 0.3) is 0 Å². The van der Waals surface area contributed by atoms with Crippen LogP contribution >= 0.6 is 11.3 Å². The summed E-state index contributed by atoms with van der Waals surface area (Å²) in [5, 5.41) is 28.4. The zero-order valence-electron chi connectivity index (χ0n) is 24.2. The Balaban J connectivity index is 1.30. The van der Waals surface area contributed by atoms with Crippen molar-refractivity contribution in [2.45, 2.75) is 68.7 Å². The van der Waals surface area contributed by atoms with Crippen LogP contribution in [-0.4, -0.2) is 68.8 Å². The Kier molecular flexibility index (Phi) is 7.69. The lowest BCUT2D eigenvalue weighted by Crippen LogP contribution is -2.36. The smallest absolute Gasteiger partial charge is 0.225 e. The third-order valence-electron chi connectivity index (χ3n) is 8.58. The van der Waals surface area contributed by atoms with Gasteiger partial charge in [0.1, 0.15) is 49.7 Å². The highest BCUT2D eigenvalue weighted by Gasteiger charge is 2.44. The van der Waals surface area contributed by atoms with Crippen LogP contribution in [0.5, 0.6) is 0 Å². The Labute approximate surface area is 261 Å². The van der Waals surface area contributed by atoms with Gasteiger partial charge in [-0.2, -0.15) is 4.98 Å². The van der Waals surface area contributed by atoms with Crippen molar-refractivity contribution in [1.82, 2.24) is 19.9 Å². The van der Waals surface area contributed by atoms with Crippen LogP contribution in [0, 0.1) is 23.4 Å². The van der Waals surface area contributed by atoms with Gasteiger partial charge in [0.15, 0.2) is 0 Å². The van der Waals surface area contributed by atoms with Gasteiger partial charge in [0.2, 0.25) is 5.95 Å². The van der Waals surface area contributed by atoms with Gasteiger partial charge in [-0.25, -0.2) is 31.6 Å². The Morgan fingerprint density at radius 2 is 1.67 bits per heavy atom. The van der Waals surface area contributed by atoms with Crippen LogP contribution in [0.3, 0.4) is 0 Å². The standard InChI is InChI=1S/C30H31F3N6O4S2/c1-45(42,43)12-15-8-20(27(41)26(15)40)36-28-22(29-37-25-21(44-29)6-7-34-24(25)14-4-5-14)23(13-2-3-13)38-30(39-28)35-11-17-18(32)9-16(31)10-19(17)33/h6-7,9-10,13-15,20,26-27,40-41H,2-5,8,11-12H2,1H3,(H2,35,36,38,39)/t15-,20-,26-,27+/m1/s1. The number of hydrogen-bond acceptors (Lipinski definition) is 11. The molecule has 0 aliphatic heterocycles. The summed E-state index contributed by atoms with van der Waals surface area (Å²) in [6.07, 6.45) is 4.25. The fraction of sp³-hybridized carbons (Fsp3) is 0.467. The number of aliphatic hydroxyl groups excluding tert-OH is 2. The average molecular weight is 661 g/mol. The average Bonchev–Trinajstić information content (AvgIpc) is 3.90. The number of halogens is 3. The Hall–Kier alpha value is -3.40. The van der Waals surface area contributed by atoms with Crippen LogP contribution in [0.4, 0.5) is 24.9 Å². The van der Waals surface area contributed by atoms with E-state index in [9.17, 15) is 31.8 Å². The van der Waals surface area contributed by atoms with Crippen molar-refractivity contribution in [3.05, 3.63) is 58.8 Å². The van der Waals surface area contributed by atoms with Crippen molar-refractivity contribution < 1.29 is 31.8 Å². The van der Waals surface area contributed by atoms with Crippen molar-refractivity contribution >= 4 is 43.2 Å². The first kappa shape index (κ1) is 30.3. The maximum absolute atomic E-state index is 14.4. The number of aromatic nitrogens is 4. The second-order valence-corrected chi connectivity index (χ2v) is 15.5. The number of hydrogen-bond donors (Lipinski definition) is 4. The van der Waals surface area contributed by atoms with Crippen molar-refractivity contribution in [2.24, 2.45) is 5.92 Å². The Bertz CT molecular complexity index is 1880. The first-order valence-corrected chi connectivity index (χ1v) is 17.7. The molecule has 0 saturated heterocycles. The third-order valence-corrected chi connectivity index (χ3v) is 10.7. The molecule has 7 rings (SSSR count). The molecule has 45 heavy (non-hydrogen) atoms. The normalized spacial score (nSPS) is 23.5. The molecule has 0 unspecified atom stereocenters. The topological polar surface area (TPSA) is 150 Å². The minimum atomic E-state index is -3.43. The van der Waals surface area contributed by atoms with E-state index in [2.05, 4.69) is 20.6 Å². The van der Waals surface area contributed by atoms with Crippen molar-refractivity contribution in [2.75, 3.05) is 22.6 Å². The van der Waals surface area contributed by atoms with Gasteiger partial charge in [-0.05, 0) is 38.2 Å². The molecule has 1 aromatic carbocycles. The van der Waals surface area contributed by atoms with Crippen LogP contribution in [0.1, 0.15) is 60.9 Å². The fourth-order valence-corrected chi connectivity index (χ4v) is 8.20. The summed E-state index contributed by atoms with van der Waals surface area (Å²) in [5.74, 6) is -3.35. The van der Waals surface area contributed by atoms with E-state index >= 15 is 0 Å². The highest BCUT2D eigenvalue weighted by atomic mass is 32.2. The quantitative estimate of drug-likeness (QED) is 0.192. The van der Waals surface area contributed by atoms with Gasteiger partial charge >= 0.3 is 0 Å². The summed E-state index contributed by atoms with van der Waals surface area (Å²) in [6, 6.07) is 2.35. The molecular formula is C30H31F3N6O4S2. The lowest BCUT2D eigenvalue weighted by Gasteiger charge is -2.22. The number of nitrogens with zero attached hydrogens (tertiary/aromatic N) is 4. The molecule has 4 N–H and O–H groups in total. The largest absolute Gasteiger partial charge is 0.390 e. The summed E-state index contributed by atoms with van der Waals surface area (Å²) in [5.41, 5.74) is 2.64. The molecule has 0 bridgehead atoms. The van der Waals surface area contributed by atoms with E-state index in [1.165, 1.54) is 11.3 Å². The molecule has 15 heteroatoms. The lowest BCUT2D eigenvalue weighted by molar-refractivity contribution is 0.0216. The molecular weight excluding hydrogens is 629 g/mol. The van der Waals surface area contributed by atoms with Crippen molar-refractivity contribution in [3.63, 3.8) is 0 Å². The number of anilines is 2. The summed E-state index contributed by atoms with van der Waals surface area (Å²) in [7, 11) is -3.43. The van der Waals surface area contributed by atoms with Gasteiger partial charge in [0, 0.05) is 54.4 Å². The Morgan fingerprint density at radius 1 is 0.978 bits per heavy atom. The Morgan fingerprint density at radius 3 is 2.33 bits per heavy atom. The molecule has 3 aliphatic carbocycles. The lowest BCUT2D eigenvalue weighted by atomic mass is 10.1. The number of fused-ring (bicyclic) bond motifs is 1. The zero-order valence-corrected chi connectivity index (χ0v) is 25.8. The van der Waals surface area contributed by atoms with E-state index in [0.717, 1.165) is 47.8 Å². The molecule has 3 fully saturated rings. The maximum atomic E-state index is 14.4. The molecule has 4 aromatic rings. The molecule has 10 nitrogen and oxygen atoms in total. The summed E-state index contributed by atoms with van der Waals surface area (Å²) < 4.78 is 67.3. The van der Waals surface area contributed by atoms with Gasteiger partial charge < -0.3 is 20.8 Å². The zero-order chi connectivity index (χ0) is 31.6. The van der Waals surface area contributed by atoms with Crippen molar-refractivity contribution in [3.8, 4) is 10.6 Å². The second-order valence-electron chi connectivity index (χ2n) is 12.3. The second kappa shape index (κ2) is 11.4.